The normalized spacial score (nSPS) is 9.50. The van der Waals surface area contributed by atoms with Crippen LogP contribution < -0.4 is 10.6 Å². The van der Waals surface area contributed by atoms with Gasteiger partial charge in [-0.2, -0.15) is 0 Å². The number of hydrogen-bond donors (Lipinski definition) is 2. The molecular weight excluding hydrogens is 220 g/mol. The molecule has 0 unspecified atom stereocenters. The Labute approximate surface area is 92.4 Å². The summed E-state index contributed by atoms with van der Waals surface area (Å²) >= 11 is 0. The minimum atomic E-state index is 0.0956. The third-order valence-electron chi connectivity index (χ3n) is 1.33. The highest BCUT2D eigenvalue weighted by molar-refractivity contribution is 8.76. The van der Waals surface area contributed by atoms with E-state index in [4.69, 9.17) is 0 Å². The van der Waals surface area contributed by atoms with Gasteiger partial charge in [-0.3, -0.25) is 9.59 Å². The minimum absolute atomic E-state index is 0.0956. The van der Waals surface area contributed by atoms with Gasteiger partial charge in [0.25, 0.3) is 0 Å². The molecule has 4 nitrogen and oxygen atoms in total. The maximum absolute atomic E-state index is 10.8. The lowest BCUT2D eigenvalue weighted by Gasteiger charge is -2.02. The highest BCUT2D eigenvalue weighted by atomic mass is 33.1. The number of carbonyl (C=O) groups excluding carboxylic acids is 2. The second kappa shape index (κ2) is 10.7. The van der Waals surface area contributed by atoms with E-state index in [2.05, 4.69) is 10.6 Å². The molecule has 0 atom stereocenters. The molecule has 0 aromatic heterocycles. The average Bonchev–Trinajstić information content (AvgIpc) is 2.21. The first-order valence-electron chi connectivity index (χ1n) is 4.49. The zero-order valence-electron chi connectivity index (χ0n) is 8.25. The Bertz CT molecular complexity index is 167. The lowest BCUT2D eigenvalue weighted by Crippen LogP contribution is -2.24. The van der Waals surface area contributed by atoms with Crippen molar-refractivity contribution in [2.24, 2.45) is 0 Å². The lowest BCUT2D eigenvalue weighted by atomic mass is 10.4. The molecule has 0 rings (SSSR count). The molecule has 0 radical (unpaired) electrons. The van der Waals surface area contributed by atoms with Crippen molar-refractivity contribution in [2.45, 2.75) is 13.3 Å². The number of hydrogen-bond acceptors (Lipinski definition) is 4. The first-order valence-corrected chi connectivity index (χ1v) is 6.98. The van der Waals surface area contributed by atoms with E-state index in [1.165, 1.54) is 0 Å². The van der Waals surface area contributed by atoms with Crippen LogP contribution in [0.15, 0.2) is 0 Å². The van der Waals surface area contributed by atoms with Gasteiger partial charge in [0.15, 0.2) is 0 Å². The maximum atomic E-state index is 10.8. The van der Waals surface area contributed by atoms with Gasteiger partial charge in [-0.05, 0) is 0 Å². The van der Waals surface area contributed by atoms with Crippen molar-refractivity contribution in [3.8, 4) is 0 Å². The largest absolute Gasteiger partial charge is 0.358 e. The van der Waals surface area contributed by atoms with E-state index in [0.29, 0.717) is 25.9 Å². The molecule has 0 aromatic carbocycles. The molecule has 0 aliphatic rings. The Kier molecular flexibility index (Phi) is 10.4. The molecule has 0 aromatic rings. The fourth-order valence-electron chi connectivity index (χ4n) is 0.634. The van der Waals surface area contributed by atoms with Gasteiger partial charge in [-0.15, -0.1) is 0 Å². The van der Waals surface area contributed by atoms with Gasteiger partial charge < -0.3 is 10.6 Å². The predicted molar refractivity (Wildman–Crippen MR) is 62.3 cm³/mol. The van der Waals surface area contributed by atoms with Gasteiger partial charge in [0.2, 0.25) is 12.3 Å². The summed E-state index contributed by atoms with van der Waals surface area (Å²) < 4.78 is 0. The summed E-state index contributed by atoms with van der Waals surface area (Å²) in [7, 11) is 3.40. The summed E-state index contributed by atoms with van der Waals surface area (Å²) in [6, 6.07) is 0. The smallest absolute Gasteiger partial charge is 0.219 e. The van der Waals surface area contributed by atoms with Gasteiger partial charge in [-0.1, -0.05) is 28.5 Å². The van der Waals surface area contributed by atoms with Gasteiger partial charge in [0, 0.05) is 31.0 Å². The summed E-state index contributed by atoms with van der Waals surface area (Å²) in [5, 5.41) is 5.37. The summed E-state index contributed by atoms with van der Waals surface area (Å²) in [5.74, 6) is 1.89. The Hall–Kier alpha value is -0.360. The quantitative estimate of drug-likeness (QED) is 0.350. The zero-order valence-corrected chi connectivity index (χ0v) is 9.88. The van der Waals surface area contributed by atoms with Crippen LogP contribution in [0.5, 0.6) is 0 Å². The molecule has 14 heavy (non-hydrogen) atoms. The molecule has 0 aliphatic carbocycles. The van der Waals surface area contributed by atoms with Crippen molar-refractivity contribution < 1.29 is 9.59 Å². The zero-order chi connectivity index (χ0) is 10.6. The Balaban J connectivity index is 2.98. The molecule has 0 fully saturated rings. The Morgan fingerprint density at radius 1 is 1.29 bits per heavy atom. The Morgan fingerprint density at radius 3 is 2.50 bits per heavy atom. The number of amides is 2. The van der Waals surface area contributed by atoms with Crippen molar-refractivity contribution in [3.63, 3.8) is 0 Å². The van der Waals surface area contributed by atoms with Gasteiger partial charge in [-0.25, -0.2) is 0 Å². The van der Waals surface area contributed by atoms with E-state index in [-0.39, 0.29) is 5.91 Å². The molecule has 6 heteroatoms. The van der Waals surface area contributed by atoms with E-state index in [9.17, 15) is 9.59 Å². The first-order chi connectivity index (χ1) is 6.81. The second-order valence-corrected chi connectivity index (χ2v) is 5.12. The highest BCUT2D eigenvalue weighted by Gasteiger charge is 1.95. The summed E-state index contributed by atoms with van der Waals surface area (Å²) in [6.07, 6.45) is 1.24. The maximum Gasteiger partial charge on any atom is 0.219 e. The fourth-order valence-corrected chi connectivity index (χ4v) is 2.46. The van der Waals surface area contributed by atoms with Crippen molar-refractivity contribution in [1.29, 1.82) is 0 Å². The molecular formula is C8H16N2O2S2. The molecule has 0 saturated heterocycles. The highest BCUT2D eigenvalue weighted by Crippen LogP contribution is 2.18. The Morgan fingerprint density at radius 2 is 1.93 bits per heavy atom. The first kappa shape index (κ1) is 13.6. The molecule has 0 aliphatic heterocycles. The topological polar surface area (TPSA) is 58.2 Å². The fraction of sp³-hybridized carbons (Fsp3) is 0.750. The summed E-state index contributed by atoms with van der Waals surface area (Å²) in [6.45, 7) is 3.25. The van der Waals surface area contributed by atoms with Crippen LogP contribution in [0.4, 0.5) is 0 Å². The molecule has 2 N–H and O–H groups in total. The molecule has 0 spiro atoms. The third-order valence-corrected chi connectivity index (χ3v) is 3.73. The molecule has 2 amide bonds. The van der Waals surface area contributed by atoms with Crippen LogP contribution in [0.2, 0.25) is 0 Å². The van der Waals surface area contributed by atoms with Crippen molar-refractivity contribution in [2.75, 3.05) is 24.6 Å². The summed E-state index contributed by atoms with van der Waals surface area (Å²) in [5.41, 5.74) is 0. The average molecular weight is 236 g/mol. The molecule has 0 heterocycles. The number of rotatable bonds is 9. The van der Waals surface area contributed by atoms with E-state index in [1.807, 2.05) is 6.92 Å². The van der Waals surface area contributed by atoms with Crippen molar-refractivity contribution in [1.82, 2.24) is 10.6 Å². The lowest BCUT2D eigenvalue weighted by molar-refractivity contribution is -0.120. The van der Waals surface area contributed by atoms with E-state index >= 15 is 0 Å². The number of carbonyl (C=O) groups is 2. The van der Waals surface area contributed by atoms with Crippen molar-refractivity contribution in [3.05, 3.63) is 0 Å². The van der Waals surface area contributed by atoms with Crippen LogP contribution in [0, 0.1) is 0 Å². The van der Waals surface area contributed by atoms with Gasteiger partial charge >= 0.3 is 0 Å². The predicted octanol–water partition coefficient (Wildman–Crippen LogP) is 0.640. The van der Waals surface area contributed by atoms with E-state index in [0.717, 1.165) is 11.5 Å². The number of nitrogens with one attached hydrogen (secondary N) is 2. The standard InChI is InChI=1S/C8H16N2O2S2/c1-2-8(12)10-4-6-14-13-5-3-9-7-11/h7H,2-6H2,1H3,(H,9,11)(H,10,12). The van der Waals surface area contributed by atoms with Crippen LogP contribution in [-0.2, 0) is 9.59 Å². The second-order valence-electron chi connectivity index (χ2n) is 2.42. The van der Waals surface area contributed by atoms with Gasteiger partial charge in [0.1, 0.15) is 0 Å². The van der Waals surface area contributed by atoms with Gasteiger partial charge in [0.05, 0.1) is 0 Å². The third kappa shape index (κ3) is 9.73. The van der Waals surface area contributed by atoms with Crippen LogP contribution >= 0.6 is 21.6 Å². The molecule has 0 saturated carbocycles. The van der Waals surface area contributed by atoms with Crippen LogP contribution in [-0.4, -0.2) is 36.9 Å². The van der Waals surface area contributed by atoms with E-state index in [1.54, 1.807) is 21.6 Å². The monoisotopic (exact) mass is 236 g/mol. The SMILES string of the molecule is CCC(=O)NCCSSCCNC=O. The van der Waals surface area contributed by atoms with Crippen LogP contribution in [0.3, 0.4) is 0 Å². The van der Waals surface area contributed by atoms with Crippen LogP contribution in [0.25, 0.3) is 0 Å². The van der Waals surface area contributed by atoms with Crippen molar-refractivity contribution >= 4 is 33.9 Å². The molecule has 82 valence electrons. The minimum Gasteiger partial charge on any atom is -0.358 e. The van der Waals surface area contributed by atoms with E-state index < -0.39 is 0 Å². The summed E-state index contributed by atoms with van der Waals surface area (Å²) in [4.78, 5) is 20.7. The van der Waals surface area contributed by atoms with Crippen LogP contribution in [0.1, 0.15) is 13.3 Å². The molecule has 0 bridgehead atoms.